The highest BCUT2D eigenvalue weighted by Gasteiger charge is 2.30. The minimum atomic E-state index is -3.90. The van der Waals surface area contributed by atoms with Crippen molar-refractivity contribution in [3.8, 4) is 0 Å². The fourth-order valence-electron chi connectivity index (χ4n) is 3.01. The van der Waals surface area contributed by atoms with E-state index >= 15 is 0 Å². The lowest BCUT2D eigenvalue weighted by Gasteiger charge is -2.31. The van der Waals surface area contributed by atoms with Crippen molar-refractivity contribution in [3.05, 3.63) is 63.1 Å². The number of hydrogen-bond donors (Lipinski definition) is 1. The molecule has 7 nitrogen and oxygen atoms in total. The maximum absolute atomic E-state index is 13.3. The molecule has 0 aliphatic heterocycles. The van der Waals surface area contributed by atoms with Gasteiger partial charge in [-0.05, 0) is 49.7 Å². The Morgan fingerprint density at radius 3 is 2.31 bits per heavy atom. The smallest absolute Gasteiger partial charge is 0.244 e. The van der Waals surface area contributed by atoms with Crippen molar-refractivity contribution in [2.45, 2.75) is 26.4 Å². The van der Waals surface area contributed by atoms with Gasteiger partial charge < -0.3 is 10.2 Å². The van der Waals surface area contributed by atoms with Crippen molar-refractivity contribution in [2.75, 3.05) is 23.7 Å². The van der Waals surface area contributed by atoms with E-state index in [-0.39, 0.29) is 28.2 Å². The van der Waals surface area contributed by atoms with Crippen LogP contribution in [0, 0.1) is 0 Å². The van der Waals surface area contributed by atoms with Crippen molar-refractivity contribution in [1.29, 1.82) is 0 Å². The van der Waals surface area contributed by atoms with Crippen molar-refractivity contribution in [1.82, 2.24) is 10.2 Å². The van der Waals surface area contributed by atoms with Crippen LogP contribution in [0.2, 0.25) is 15.1 Å². The monoisotopic (exact) mass is 519 g/mol. The topological polar surface area (TPSA) is 86.8 Å². The molecule has 0 aromatic heterocycles. The zero-order chi connectivity index (χ0) is 24.1. The predicted molar refractivity (Wildman–Crippen MR) is 129 cm³/mol. The number of carbonyl (C=O) groups excluding carboxylic acids is 2. The van der Waals surface area contributed by atoms with Gasteiger partial charge in [0.25, 0.3) is 0 Å². The Morgan fingerprint density at radius 2 is 1.72 bits per heavy atom. The summed E-state index contributed by atoms with van der Waals surface area (Å²) >= 11 is 18.3. The molecular formula is C21H24Cl3N3O4S. The molecule has 0 saturated heterocycles. The van der Waals surface area contributed by atoms with Crippen LogP contribution in [0.1, 0.15) is 19.4 Å². The number of anilines is 1. The van der Waals surface area contributed by atoms with Gasteiger partial charge in [-0.2, -0.15) is 0 Å². The van der Waals surface area contributed by atoms with Gasteiger partial charge in [-0.15, -0.1) is 0 Å². The standard InChI is InChI=1S/C21H24Cl3N3O4S/c1-4-25-21(29)14(2)26(12-15-6-5-7-16(22)10-15)20(28)13-27(32(3,30)31)19-11-17(23)8-9-18(19)24/h5-11,14H,4,12-13H2,1-3H3,(H,25,29)/t14-/m1/s1. The number of benzene rings is 2. The van der Waals surface area contributed by atoms with Gasteiger partial charge in [0.1, 0.15) is 12.6 Å². The molecule has 0 bridgehead atoms. The number of hydrogen-bond acceptors (Lipinski definition) is 4. The quantitative estimate of drug-likeness (QED) is 0.542. The highest BCUT2D eigenvalue weighted by molar-refractivity contribution is 7.92. The van der Waals surface area contributed by atoms with E-state index in [0.29, 0.717) is 17.1 Å². The number of nitrogens with zero attached hydrogens (tertiary/aromatic N) is 2. The molecule has 0 radical (unpaired) electrons. The first-order valence-electron chi connectivity index (χ1n) is 9.68. The number of carbonyl (C=O) groups is 2. The summed E-state index contributed by atoms with van der Waals surface area (Å²) in [5, 5.41) is 3.53. The molecule has 0 aliphatic carbocycles. The molecular weight excluding hydrogens is 497 g/mol. The van der Waals surface area contributed by atoms with E-state index in [1.165, 1.54) is 23.1 Å². The minimum absolute atomic E-state index is 0.0541. The Hall–Kier alpha value is -2.00. The van der Waals surface area contributed by atoms with Crippen LogP contribution in [0.4, 0.5) is 5.69 Å². The number of amides is 2. The number of likely N-dealkylation sites (N-methyl/N-ethyl adjacent to an activating group) is 1. The van der Waals surface area contributed by atoms with Gasteiger partial charge in [-0.25, -0.2) is 8.42 Å². The first-order valence-corrected chi connectivity index (χ1v) is 12.7. The zero-order valence-corrected chi connectivity index (χ0v) is 20.9. The Balaban J connectivity index is 2.43. The van der Waals surface area contributed by atoms with Crippen molar-refractivity contribution in [3.63, 3.8) is 0 Å². The van der Waals surface area contributed by atoms with Gasteiger partial charge in [-0.3, -0.25) is 13.9 Å². The van der Waals surface area contributed by atoms with Gasteiger partial charge in [0.2, 0.25) is 21.8 Å². The average molecular weight is 521 g/mol. The van der Waals surface area contributed by atoms with Crippen molar-refractivity contribution < 1.29 is 18.0 Å². The SMILES string of the molecule is CCNC(=O)[C@@H](C)N(Cc1cccc(Cl)c1)C(=O)CN(c1cc(Cl)ccc1Cl)S(C)(=O)=O. The number of rotatable bonds is 9. The van der Waals surface area contributed by atoms with Gasteiger partial charge in [0, 0.05) is 23.1 Å². The number of sulfonamides is 1. The molecule has 0 saturated carbocycles. The van der Waals surface area contributed by atoms with Crippen LogP contribution in [-0.4, -0.2) is 50.5 Å². The van der Waals surface area contributed by atoms with E-state index in [9.17, 15) is 18.0 Å². The van der Waals surface area contributed by atoms with Gasteiger partial charge in [0.05, 0.1) is 17.0 Å². The highest BCUT2D eigenvalue weighted by Crippen LogP contribution is 2.31. The molecule has 11 heteroatoms. The first kappa shape index (κ1) is 26.3. The first-order chi connectivity index (χ1) is 14.9. The molecule has 2 aromatic carbocycles. The predicted octanol–water partition coefficient (Wildman–Crippen LogP) is 3.97. The second-order valence-corrected chi connectivity index (χ2v) is 10.3. The summed E-state index contributed by atoms with van der Waals surface area (Å²) in [7, 11) is -3.90. The maximum Gasteiger partial charge on any atom is 0.244 e. The summed E-state index contributed by atoms with van der Waals surface area (Å²) in [4.78, 5) is 27.1. The van der Waals surface area contributed by atoms with Crippen LogP contribution >= 0.6 is 34.8 Å². The van der Waals surface area contributed by atoms with Crippen LogP contribution in [0.3, 0.4) is 0 Å². The second-order valence-electron chi connectivity index (χ2n) is 7.09. The summed E-state index contributed by atoms with van der Waals surface area (Å²) in [5.74, 6) is -0.959. The van der Waals surface area contributed by atoms with Crippen LogP contribution in [0.25, 0.3) is 0 Å². The molecule has 2 amide bonds. The van der Waals surface area contributed by atoms with Gasteiger partial charge in [-0.1, -0.05) is 46.9 Å². The minimum Gasteiger partial charge on any atom is -0.355 e. The molecule has 0 fully saturated rings. The van der Waals surface area contributed by atoms with Gasteiger partial charge >= 0.3 is 0 Å². The fraction of sp³-hybridized carbons (Fsp3) is 0.333. The van der Waals surface area contributed by atoms with Crippen LogP contribution in [-0.2, 0) is 26.2 Å². The number of nitrogens with one attached hydrogen (secondary N) is 1. The molecule has 32 heavy (non-hydrogen) atoms. The summed E-state index contributed by atoms with van der Waals surface area (Å²) in [5.41, 5.74) is 0.761. The molecule has 1 atom stereocenters. The Morgan fingerprint density at radius 1 is 1.06 bits per heavy atom. The third-order valence-electron chi connectivity index (χ3n) is 4.62. The largest absolute Gasteiger partial charge is 0.355 e. The second kappa shape index (κ2) is 11.2. The van der Waals surface area contributed by atoms with Crippen LogP contribution in [0.15, 0.2) is 42.5 Å². The molecule has 0 unspecified atom stereocenters. The summed E-state index contributed by atoms with van der Waals surface area (Å²) in [6.07, 6.45) is 0.964. The Labute approximate surface area is 203 Å². The molecule has 0 aliphatic rings. The molecule has 0 spiro atoms. The van der Waals surface area contributed by atoms with E-state index in [0.717, 1.165) is 10.6 Å². The summed E-state index contributed by atoms with van der Waals surface area (Å²) < 4.78 is 25.9. The highest BCUT2D eigenvalue weighted by atomic mass is 35.5. The lowest BCUT2D eigenvalue weighted by molar-refractivity contribution is -0.139. The molecule has 1 N–H and O–H groups in total. The van der Waals surface area contributed by atoms with E-state index in [4.69, 9.17) is 34.8 Å². The maximum atomic E-state index is 13.3. The van der Waals surface area contributed by atoms with E-state index in [1.807, 2.05) is 0 Å². The fourth-order valence-corrected chi connectivity index (χ4v) is 4.51. The van der Waals surface area contributed by atoms with E-state index in [1.54, 1.807) is 38.1 Å². The average Bonchev–Trinajstić information content (AvgIpc) is 2.71. The Kier molecular flexibility index (Phi) is 9.21. The van der Waals surface area contributed by atoms with E-state index < -0.39 is 28.5 Å². The third-order valence-corrected chi connectivity index (χ3v) is 6.53. The lowest BCUT2D eigenvalue weighted by atomic mass is 10.1. The molecule has 2 rings (SSSR count). The third kappa shape index (κ3) is 7.00. The van der Waals surface area contributed by atoms with Crippen molar-refractivity contribution >= 4 is 62.3 Å². The van der Waals surface area contributed by atoms with Crippen molar-refractivity contribution in [2.24, 2.45) is 0 Å². The molecule has 0 heterocycles. The summed E-state index contributed by atoms with van der Waals surface area (Å²) in [6, 6.07) is 10.3. The Bertz CT molecular complexity index is 1100. The zero-order valence-electron chi connectivity index (χ0n) is 17.8. The molecule has 2 aromatic rings. The molecule has 174 valence electrons. The number of halogens is 3. The summed E-state index contributed by atoms with van der Waals surface area (Å²) in [6.45, 7) is 3.21. The van der Waals surface area contributed by atoms with Crippen LogP contribution in [0.5, 0.6) is 0 Å². The normalized spacial score (nSPS) is 12.2. The van der Waals surface area contributed by atoms with Crippen LogP contribution < -0.4 is 9.62 Å². The lowest BCUT2D eigenvalue weighted by Crippen LogP contribution is -2.51. The van der Waals surface area contributed by atoms with E-state index in [2.05, 4.69) is 5.32 Å². The van der Waals surface area contributed by atoms with Gasteiger partial charge in [0.15, 0.2) is 0 Å².